The van der Waals surface area contributed by atoms with Crippen LogP contribution in [0.5, 0.6) is 0 Å². The molecule has 29 heavy (non-hydrogen) atoms. The third kappa shape index (κ3) is 4.40. The maximum absolute atomic E-state index is 13.3. The molecule has 7 nitrogen and oxygen atoms in total. The Hall–Kier alpha value is -2.93. The largest absolute Gasteiger partial charge is 0.467 e. The summed E-state index contributed by atoms with van der Waals surface area (Å²) < 4.78 is 11.9. The molecule has 0 aliphatic carbocycles. The van der Waals surface area contributed by atoms with Gasteiger partial charge >= 0.3 is 5.97 Å². The monoisotopic (exact) mass is 398 g/mol. The molecule has 1 aliphatic heterocycles. The van der Waals surface area contributed by atoms with Crippen LogP contribution >= 0.6 is 0 Å². The van der Waals surface area contributed by atoms with Crippen molar-refractivity contribution in [2.45, 2.75) is 39.0 Å². The Morgan fingerprint density at radius 2 is 1.93 bits per heavy atom. The van der Waals surface area contributed by atoms with E-state index in [-0.39, 0.29) is 17.7 Å². The van der Waals surface area contributed by atoms with Gasteiger partial charge in [0.25, 0.3) is 11.5 Å². The zero-order valence-corrected chi connectivity index (χ0v) is 17.0. The minimum atomic E-state index is -0.877. The average Bonchev–Trinajstić information content (AvgIpc) is 2.73. The molecular formula is C22H26N2O5. The van der Waals surface area contributed by atoms with Crippen LogP contribution in [0.4, 0.5) is 0 Å². The Labute approximate surface area is 169 Å². The van der Waals surface area contributed by atoms with Gasteiger partial charge in [-0.15, -0.1) is 0 Å². The zero-order valence-electron chi connectivity index (χ0n) is 17.0. The van der Waals surface area contributed by atoms with Gasteiger partial charge < -0.3 is 18.9 Å². The van der Waals surface area contributed by atoms with Crippen LogP contribution in [0.3, 0.4) is 0 Å². The van der Waals surface area contributed by atoms with Crippen molar-refractivity contribution < 1.29 is 19.1 Å². The molecule has 0 saturated carbocycles. The quantitative estimate of drug-likeness (QED) is 0.718. The van der Waals surface area contributed by atoms with E-state index in [2.05, 4.69) is 0 Å². The van der Waals surface area contributed by atoms with Gasteiger partial charge in [-0.3, -0.25) is 9.59 Å². The standard InChI is InChI=1S/C22H26N2O5/c1-15-9-11-23(12-10-17-7-5-4-6-8-17)20(25)18(15)21(26)24-13-14-29-16(2)19(24)22(27)28-3/h4-9,11,16,19H,10,12-14H2,1-3H3/t16-,19+/m1/s1. The van der Waals surface area contributed by atoms with Gasteiger partial charge in [0.1, 0.15) is 5.56 Å². The van der Waals surface area contributed by atoms with Crippen molar-refractivity contribution >= 4 is 11.9 Å². The number of amides is 1. The summed E-state index contributed by atoms with van der Waals surface area (Å²) in [5.74, 6) is -1.02. The SMILES string of the molecule is COC(=O)[C@@H]1[C@@H](C)OCCN1C(=O)c1c(C)ccn(CCc2ccccc2)c1=O. The third-order valence-electron chi connectivity index (χ3n) is 5.27. The molecule has 1 aliphatic rings. The Bertz CT molecular complexity index is 938. The van der Waals surface area contributed by atoms with E-state index in [0.717, 1.165) is 5.56 Å². The van der Waals surface area contributed by atoms with Crippen LogP contribution in [0, 0.1) is 6.92 Å². The lowest BCUT2D eigenvalue weighted by atomic mass is 10.0. The van der Waals surface area contributed by atoms with E-state index in [4.69, 9.17) is 9.47 Å². The maximum atomic E-state index is 13.3. The molecule has 1 amide bonds. The van der Waals surface area contributed by atoms with Crippen LogP contribution in [-0.4, -0.2) is 53.8 Å². The summed E-state index contributed by atoms with van der Waals surface area (Å²) in [6.07, 6.45) is 1.87. The third-order valence-corrected chi connectivity index (χ3v) is 5.27. The summed E-state index contributed by atoms with van der Waals surface area (Å²) in [5.41, 5.74) is 1.43. The van der Waals surface area contributed by atoms with Gasteiger partial charge in [0.15, 0.2) is 6.04 Å². The van der Waals surface area contributed by atoms with Crippen molar-refractivity contribution in [3.63, 3.8) is 0 Å². The number of nitrogens with zero attached hydrogens (tertiary/aromatic N) is 2. The predicted molar refractivity (Wildman–Crippen MR) is 108 cm³/mol. The Balaban J connectivity index is 1.89. The van der Waals surface area contributed by atoms with Crippen molar-refractivity contribution in [3.05, 3.63) is 69.6 Å². The number of benzene rings is 1. The van der Waals surface area contributed by atoms with Gasteiger partial charge in [-0.25, -0.2) is 4.79 Å². The molecule has 1 fully saturated rings. The highest BCUT2D eigenvalue weighted by atomic mass is 16.5. The molecule has 1 saturated heterocycles. The molecule has 154 valence electrons. The minimum Gasteiger partial charge on any atom is -0.467 e. The Kier molecular flexibility index (Phi) is 6.49. The summed E-state index contributed by atoms with van der Waals surface area (Å²) in [6.45, 7) is 4.43. The van der Waals surface area contributed by atoms with Gasteiger partial charge in [0.2, 0.25) is 0 Å². The first-order chi connectivity index (χ1) is 13.9. The molecule has 2 aromatic rings. The van der Waals surface area contributed by atoms with Crippen LogP contribution in [0.15, 0.2) is 47.4 Å². The number of pyridine rings is 1. The summed E-state index contributed by atoms with van der Waals surface area (Å²) in [4.78, 5) is 40.0. The topological polar surface area (TPSA) is 77.8 Å². The first-order valence-electron chi connectivity index (χ1n) is 9.68. The number of esters is 1. The fraction of sp³-hybridized carbons (Fsp3) is 0.409. The smallest absolute Gasteiger partial charge is 0.331 e. The van der Waals surface area contributed by atoms with Crippen LogP contribution in [-0.2, 0) is 27.2 Å². The normalized spacial score (nSPS) is 19.1. The van der Waals surface area contributed by atoms with Crippen LogP contribution in [0.2, 0.25) is 0 Å². The van der Waals surface area contributed by atoms with Crippen molar-refractivity contribution in [2.75, 3.05) is 20.3 Å². The lowest BCUT2D eigenvalue weighted by molar-refractivity contribution is -0.156. The highest BCUT2D eigenvalue weighted by Gasteiger charge is 2.40. The van der Waals surface area contributed by atoms with Crippen molar-refractivity contribution in [3.8, 4) is 0 Å². The molecule has 3 rings (SSSR count). The lowest BCUT2D eigenvalue weighted by Crippen LogP contribution is -2.57. The van der Waals surface area contributed by atoms with E-state index in [1.807, 2.05) is 30.3 Å². The number of hydrogen-bond donors (Lipinski definition) is 0. The second kappa shape index (κ2) is 9.05. The summed E-state index contributed by atoms with van der Waals surface area (Å²) in [7, 11) is 1.27. The molecule has 0 N–H and O–H groups in total. The number of morpholine rings is 1. The maximum Gasteiger partial charge on any atom is 0.331 e. The molecule has 1 aromatic heterocycles. The predicted octanol–water partition coefficient (Wildman–Crippen LogP) is 1.80. The van der Waals surface area contributed by atoms with Crippen LogP contribution in [0.25, 0.3) is 0 Å². The number of hydrogen-bond acceptors (Lipinski definition) is 5. The Morgan fingerprint density at radius 3 is 2.62 bits per heavy atom. The van der Waals surface area contributed by atoms with Crippen molar-refractivity contribution in [2.24, 2.45) is 0 Å². The molecular weight excluding hydrogens is 372 g/mol. The molecule has 0 radical (unpaired) electrons. The minimum absolute atomic E-state index is 0.0866. The molecule has 2 heterocycles. The van der Waals surface area contributed by atoms with Gasteiger partial charge in [0.05, 0.1) is 19.8 Å². The van der Waals surface area contributed by atoms with E-state index in [0.29, 0.717) is 25.1 Å². The first kappa shape index (κ1) is 20.8. The number of methoxy groups -OCH3 is 1. The van der Waals surface area contributed by atoms with E-state index < -0.39 is 24.0 Å². The van der Waals surface area contributed by atoms with Gasteiger partial charge in [-0.1, -0.05) is 30.3 Å². The van der Waals surface area contributed by atoms with E-state index in [9.17, 15) is 14.4 Å². The molecule has 1 aromatic carbocycles. The lowest BCUT2D eigenvalue weighted by Gasteiger charge is -2.38. The molecule has 2 atom stereocenters. The fourth-order valence-corrected chi connectivity index (χ4v) is 3.63. The van der Waals surface area contributed by atoms with Crippen molar-refractivity contribution in [1.29, 1.82) is 0 Å². The number of ether oxygens (including phenoxy) is 2. The number of carbonyl (C=O) groups is 2. The van der Waals surface area contributed by atoms with Crippen LogP contribution in [0.1, 0.15) is 28.4 Å². The molecule has 0 spiro atoms. The highest BCUT2D eigenvalue weighted by molar-refractivity contribution is 5.98. The van der Waals surface area contributed by atoms with Gasteiger partial charge in [0, 0.05) is 19.3 Å². The van der Waals surface area contributed by atoms with E-state index in [1.165, 1.54) is 12.0 Å². The molecule has 0 bridgehead atoms. The fourth-order valence-electron chi connectivity index (χ4n) is 3.63. The van der Waals surface area contributed by atoms with Gasteiger partial charge in [-0.05, 0) is 37.5 Å². The average molecular weight is 398 g/mol. The molecule has 7 heteroatoms. The number of aryl methyl sites for hydroxylation is 3. The number of carbonyl (C=O) groups excluding carboxylic acids is 2. The summed E-state index contributed by atoms with van der Waals surface area (Å²) in [6, 6.07) is 10.7. The zero-order chi connectivity index (χ0) is 21.0. The highest BCUT2D eigenvalue weighted by Crippen LogP contribution is 2.19. The second-order valence-electron chi connectivity index (χ2n) is 7.15. The summed E-state index contributed by atoms with van der Waals surface area (Å²) in [5, 5.41) is 0. The number of aromatic nitrogens is 1. The second-order valence-corrected chi connectivity index (χ2v) is 7.15. The van der Waals surface area contributed by atoms with E-state index in [1.54, 1.807) is 30.7 Å². The summed E-state index contributed by atoms with van der Waals surface area (Å²) >= 11 is 0. The van der Waals surface area contributed by atoms with Gasteiger partial charge in [-0.2, -0.15) is 0 Å². The number of rotatable bonds is 5. The first-order valence-corrected chi connectivity index (χ1v) is 9.68. The Morgan fingerprint density at radius 1 is 1.21 bits per heavy atom. The van der Waals surface area contributed by atoms with Crippen molar-refractivity contribution in [1.82, 2.24) is 9.47 Å². The van der Waals surface area contributed by atoms with E-state index >= 15 is 0 Å². The van der Waals surface area contributed by atoms with Crippen LogP contribution < -0.4 is 5.56 Å². The molecule has 0 unspecified atom stereocenters.